The van der Waals surface area contributed by atoms with E-state index in [-0.39, 0.29) is 0 Å². The second kappa shape index (κ2) is 3.90. The molecule has 3 rings (SSSR count). The quantitative estimate of drug-likeness (QED) is 0.809. The van der Waals surface area contributed by atoms with Crippen LogP contribution in [0.4, 0.5) is 0 Å². The first kappa shape index (κ1) is 10.9. The lowest BCUT2D eigenvalue weighted by Crippen LogP contribution is -2.30. The highest BCUT2D eigenvalue weighted by molar-refractivity contribution is 6.42. The molecular weight excluding hydrogens is 241 g/mol. The summed E-state index contributed by atoms with van der Waals surface area (Å²) in [6, 6.07) is 6.15. The second-order valence-corrected chi connectivity index (χ2v) is 5.82. The fourth-order valence-electron chi connectivity index (χ4n) is 3.43. The number of nitrogens with one attached hydrogen (secondary N) is 1. The van der Waals surface area contributed by atoms with Gasteiger partial charge in [0, 0.05) is 12.0 Å². The molecule has 2 aliphatic rings. The van der Waals surface area contributed by atoms with Gasteiger partial charge in [-0.1, -0.05) is 35.7 Å². The van der Waals surface area contributed by atoms with E-state index in [4.69, 9.17) is 23.2 Å². The van der Waals surface area contributed by atoms with E-state index < -0.39 is 0 Å². The Bertz CT molecular complexity index is 406. The summed E-state index contributed by atoms with van der Waals surface area (Å²) in [7, 11) is 0. The summed E-state index contributed by atoms with van der Waals surface area (Å²) in [5, 5.41) is 4.86. The summed E-state index contributed by atoms with van der Waals surface area (Å²) in [5.74, 6) is 0.782. The van der Waals surface area contributed by atoms with Crippen molar-refractivity contribution in [3.05, 3.63) is 33.8 Å². The van der Waals surface area contributed by atoms with E-state index >= 15 is 0 Å². The fraction of sp³-hybridized carbons (Fsp3) is 0.538. The minimum atomic E-state index is 0.328. The van der Waals surface area contributed by atoms with Crippen molar-refractivity contribution in [1.29, 1.82) is 0 Å². The molecule has 0 bridgehead atoms. The lowest BCUT2D eigenvalue weighted by Gasteiger charge is -2.29. The number of rotatable bonds is 1. The van der Waals surface area contributed by atoms with E-state index in [0.29, 0.717) is 15.5 Å². The van der Waals surface area contributed by atoms with E-state index in [1.54, 1.807) is 0 Å². The van der Waals surface area contributed by atoms with Crippen LogP contribution in [0.2, 0.25) is 10.0 Å². The topological polar surface area (TPSA) is 12.0 Å². The Labute approximate surface area is 106 Å². The normalized spacial score (nSPS) is 33.0. The van der Waals surface area contributed by atoms with Crippen LogP contribution >= 0.6 is 23.2 Å². The molecule has 1 heterocycles. The molecule has 1 aromatic carbocycles. The number of hydrogen-bond donors (Lipinski definition) is 1. The highest BCUT2D eigenvalue weighted by Gasteiger charge is 2.47. The molecule has 0 spiro atoms. The van der Waals surface area contributed by atoms with E-state index in [9.17, 15) is 0 Å². The summed E-state index contributed by atoms with van der Waals surface area (Å²) in [5.41, 5.74) is 1.70. The Balaban J connectivity index is 2.04. The zero-order valence-electron chi connectivity index (χ0n) is 9.10. The van der Waals surface area contributed by atoms with E-state index in [1.807, 2.05) is 6.07 Å². The van der Waals surface area contributed by atoms with Crippen LogP contribution in [0.5, 0.6) is 0 Å². The van der Waals surface area contributed by atoms with Gasteiger partial charge in [-0.05, 0) is 43.0 Å². The molecule has 1 saturated heterocycles. The molecule has 0 amide bonds. The van der Waals surface area contributed by atoms with E-state index in [2.05, 4.69) is 17.4 Å². The molecule has 1 aromatic rings. The van der Waals surface area contributed by atoms with Crippen molar-refractivity contribution in [1.82, 2.24) is 5.32 Å². The Morgan fingerprint density at radius 2 is 2.12 bits per heavy atom. The molecular formula is C13H15Cl2N. The van der Waals surface area contributed by atoms with Gasteiger partial charge in [0.2, 0.25) is 0 Å². The van der Waals surface area contributed by atoms with Crippen LogP contribution in [-0.2, 0) is 5.41 Å². The fourth-order valence-corrected chi connectivity index (χ4v) is 3.73. The van der Waals surface area contributed by atoms with Crippen LogP contribution < -0.4 is 5.32 Å². The van der Waals surface area contributed by atoms with Crippen LogP contribution in [0.25, 0.3) is 0 Å². The monoisotopic (exact) mass is 255 g/mol. The summed E-state index contributed by atoms with van der Waals surface area (Å²) >= 11 is 12.1. The second-order valence-electron chi connectivity index (χ2n) is 5.01. The van der Waals surface area contributed by atoms with Crippen LogP contribution in [0, 0.1) is 5.92 Å². The Morgan fingerprint density at radius 3 is 2.94 bits per heavy atom. The number of hydrogen-bond acceptors (Lipinski definition) is 1. The zero-order chi connectivity index (χ0) is 11.2. The van der Waals surface area contributed by atoms with Gasteiger partial charge < -0.3 is 5.32 Å². The average molecular weight is 256 g/mol. The third kappa shape index (κ3) is 1.49. The van der Waals surface area contributed by atoms with Crippen molar-refractivity contribution in [2.75, 3.05) is 13.1 Å². The van der Waals surface area contributed by atoms with Crippen LogP contribution in [0.3, 0.4) is 0 Å². The smallest absolute Gasteiger partial charge is 0.0595 e. The lowest BCUT2D eigenvalue weighted by atomic mass is 9.75. The van der Waals surface area contributed by atoms with E-state index in [1.165, 1.54) is 24.8 Å². The Morgan fingerprint density at radius 1 is 1.25 bits per heavy atom. The molecule has 1 nitrogen and oxygen atoms in total. The molecule has 1 aliphatic carbocycles. The predicted molar refractivity (Wildman–Crippen MR) is 68.4 cm³/mol. The van der Waals surface area contributed by atoms with Gasteiger partial charge in [-0.15, -0.1) is 0 Å². The minimum absolute atomic E-state index is 0.328. The summed E-state index contributed by atoms with van der Waals surface area (Å²) in [6.07, 6.45) is 3.96. The first-order chi connectivity index (χ1) is 7.72. The standard InChI is InChI=1S/C13H15Cl2N/c14-11-4-3-9(6-12(11)15)13-5-1-2-10(13)7-16-8-13/h3-4,6,10,16H,1-2,5,7-8H2/t10?,13-/m1/s1. The molecule has 1 saturated carbocycles. The zero-order valence-corrected chi connectivity index (χ0v) is 10.6. The summed E-state index contributed by atoms with van der Waals surface area (Å²) in [6.45, 7) is 2.25. The first-order valence-electron chi connectivity index (χ1n) is 5.89. The van der Waals surface area contributed by atoms with Gasteiger partial charge >= 0.3 is 0 Å². The number of fused-ring (bicyclic) bond motifs is 1. The molecule has 0 radical (unpaired) electrons. The maximum absolute atomic E-state index is 6.13. The van der Waals surface area contributed by atoms with Crippen molar-refractivity contribution >= 4 is 23.2 Å². The van der Waals surface area contributed by atoms with Crippen molar-refractivity contribution in [3.63, 3.8) is 0 Å². The maximum atomic E-state index is 6.13. The number of benzene rings is 1. The molecule has 1 unspecified atom stereocenters. The molecule has 2 atom stereocenters. The van der Waals surface area contributed by atoms with Gasteiger partial charge in [0.05, 0.1) is 10.0 Å². The van der Waals surface area contributed by atoms with Crippen molar-refractivity contribution in [2.45, 2.75) is 24.7 Å². The largest absolute Gasteiger partial charge is 0.316 e. The van der Waals surface area contributed by atoms with Gasteiger partial charge in [-0.2, -0.15) is 0 Å². The van der Waals surface area contributed by atoms with Gasteiger partial charge in [-0.3, -0.25) is 0 Å². The van der Waals surface area contributed by atoms with E-state index in [0.717, 1.165) is 19.0 Å². The van der Waals surface area contributed by atoms with Crippen LogP contribution in [0.15, 0.2) is 18.2 Å². The Hall–Kier alpha value is -0.240. The Kier molecular flexibility index (Phi) is 2.66. The molecule has 16 heavy (non-hydrogen) atoms. The van der Waals surface area contributed by atoms with Gasteiger partial charge in [0.1, 0.15) is 0 Å². The number of halogens is 2. The molecule has 3 heteroatoms. The molecule has 2 fully saturated rings. The van der Waals surface area contributed by atoms with Gasteiger partial charge in [0.25, 0.3) is 0 Å². The highest BCUT2D eigenvalue weighted by Crippen LogP contribution is 2.48. The molecule has 86 valence electrons. The molecule has 1 aliphatic heterocycles. The average Bonchev–Trinajstić information content (AvgIpc) is 2.81. The predicted octanol–water partition coefficient (Wildman–Crippen LogP) is 3.63. The highest BCUT2D eigenvalue weighted by atomic mass is 35.5. The van der Waals surface area contributed by atoms with Gasteiger partial charge in [-0.25, -0.2) is 0 Å². The first-order valence-corrected chi connectivity index (χ1v) is 6.64. The molecule has 0 aromatic heterocycles. The molecule has 1 N–H and O–H groups in total. The lowest BCUT2D eigenvalue weighted by molar-refractivity contribution is 0.402. The SMILES string of the molecule is Clc1ccc([C@]23CCCC2CNC3)cc1Cl. The van der Waals surface area contributed by atoms with Gasteiger partial charge in [0.15, 0.2) is 0 Å². The van der Waals surface area contributed by atoms with Crippen molar-refractivity contribution < 1.29 is 0 Å². The maximum Gasteiger partial charge on any atom is 0.0595 e. The van der Waals surface area contributed by atoms with Crippen molar-refractivity contribution in [2.24, 2.45) is 5.92 Å². The summed E-state index contributed by atoms with van der Waals surface area (Å²) in [4.78, 5) is 0. The third-order valence-corrected chi connectivity index (χ3v) is 5.02. The van der Waals surface area contributed by atoms with Crippen molar-refractivity contribution in [3.8, 4) is 0 Å². The summed E-state index contributed by atoms with van der Waals surface area (Å²) < 4.78 is 0. The minimum Gasteiger partial charge on any atom is -0.316 e. The van der Waals surface area contributed by atoms with Crippen LogP contribution in [-0.4, -0.2) is 13.1 Å². The third-order valence-electron chi connectivity index (χ3n) is 4.28. The van der Waals surface area contributed by atoms with Crippen LogP contribution in [0.1, 0.15) is 24.8 Å².